The van der Waals surface area contributed by atoms with Gasteiger partial charge in [0.15, 0.2) is 6.29 Å². The summed E-state index contributed by atoms with van der Waals surface area (Å²) in [4.78, 5) is 24.5. The standard InChI is InChI=1S/C14H15NO3/c1-2-18-8-7-15-9-11-5-3-4-6-12(11)14(15)13(17)10-16/h2-6,10,14H,1,7-9H2. The summed E-state index contributed by atoms with van der Waals surface area (Å²) in [7, 11) is 0. The van der Waals surface area contributed by atoms with Crippen LogP contribution in [0.5, 0.6) is 0 Å². The number of ether oxygens (including phenoxy) is 1. The SMILES string of the molecule is C=COCCN1Cc2ccccc2C1C(=O)C=O. The van der Waals surface area contributed by atoms with Crippen molar-refractivity contribution in [1.29, 1.82) is 0 Å². The molecule has 18 heavy (non-hydrogen) atoms. The molecule has 2 rings (SSSR count). The molecule has 0 bridgehead atoms. The van der Waals surface area contributed by atoms with Crippen molar-refractivity contribution in [2.24, 2.45) is 0 Å². The zero-order valence-corrected chi connectivity index (χ0v) is 10.0. The predicted molar refractivity (Wildman–Crippen MR) is 66.8 cm³/mol. The maximum Gasteiger partial charge on any atom is 0.216 e. The van der Waals surface area contributed by atoms with Gasteiger partial charge < -0.3 is 4.74 Å². The molecule has 4 heteroatoms. The first-order chi connectivity index (χ1) is 8.77. The van der Waals surface area contributed by atoms with Crippen LogP contribution in [0.1, 0.15) is 17.2 Å². The van der Waals surface area contributed by atoms with Gasteiger partial charge in [-0.1, -0.05) is 30.8 Å². The topological polar surface area (TPSA) is 46.6 Å². The van der Waals surface area contributed by atoms with Crippen molar-refractivity contribution in [2.45, 2.75) is 12.6 Å². The smallest absolute Gasteiger partial charge is 0.216 e. The Bertz CT molecular complexity index is 470. The number of ketones is 1. The van der Waals surface area contributed by atoms with Crippen LogP contribution >= 0.6 is 0 Å². The van der Waals surface area contributed by atoms with Crippen molar-refractivity contribution in [1.82, 2.24) is 4.90 Å². The van der Waals surface area contributed by atoms with E-state index in [0.29, 0.717) is 26.0 Å². The molecule has 1 heterocycles. The van der Waals surface area contributed by atoms with Crippen molar-refractivity contribution in [2.75, 3.05) is 13.2 Å². The molecule has 1 aromatic rings. The number of carbonyl (C=O) groups excluding carboxylic acids is 2. The van der Waals surface area contributed by atoms with E-state index in [1.165, 1.54) is 6.26 Å². The van der Waals surface area contributed by atoms with Gasteiger partial charge in [0.25, 0.3) is 0 Å². The van der Waals surface area contributed by atoms with Crippen molar-refractivity contribution >= 4 is 12.1 Å². The molecule has 94 valence electrons. The molecule has 4 nitrogen and oxygen atoms in total. The average Bonchev–Trinajstić information content (AvgIpc) is 2.76. The van der Waals surface area contributed by atoms with Crippen LogP contribution in [0.3, 0.4) is 0 Å². The number of carbonyl (C=O) groups is 2. The number of hydrogen-bond acceptors (Lipinski definition) is 4. The van der Waals surface area contributed by atoms with Gasteiger partial charge in [0.2, 0.25) is 5.78 Å². The van der Waals surface area contributed by atoms with Crippen LogP contribution in [-0.2, 0) is 20.9 Å². The molecular formula is C14H15NO3. The van der Waals surface area contributed by atoms with Crippen LogP contribution < -0.4 is 0 Å². The van der Waals surface area contributed by atoms with Gasteiger partial charge >= 0.3 is 0 Å². The zero-order chi connectivity index (χ0) is 13.0. The minimum atomic E-state index is -0.466. The fraction of sp³-hybridized carbons (Fsp3) is 0.286. The van der Waals surface area contributed by atoms with E-state index in [0.717, 1.165) is 11.1 Å². The number of benzene rings is 1. The molecule has 0 N–H and O–H groups in total. The van der Waals surface area contributed by atoms with E-state index >= 15 is 0 Å². The van der Waals surface area contributed by atoms with E-state index in [1.54, 1.807) is 0 Å². The molecule has 0 spiro atoms. The summed E-state index contributed by atoms with van der Waals surface area (Å²) in [6.07, 6.45) is 1.77. The van der Waals surface area contributed by atoms with Crippen LogP contribution in [0.25, 0.3) is 0 Å². The molecule has 0 fully saturated rings. The van der Waals surface area contributed by atoms with E-state index in [4.69, 9.17) is 4.74 Å². The van der Waals surface area contributed by atoms with Gasteiger partial charge in [0, 0.05) is 13.1 Å². The fourth-order valence-corrected chi connectivity index (χ4v) is 2.31. The number of aldehydes is 1. The van der Waals surface area contributed by atoms with Crippen LogP contribution in [0, 0.1) is 0 Å². The monoisotopic (exact) mass is 245 g/mol. The lowest BCUT2D eigenvalue weighted by molar-refractivity contribution is -0.133. The first-order valence-corrected chi connectivity index (χ1v) is 5.81. The van der Waals surface area contributed by atoms with E-state index in [9.17, 15) is 9.59 Å². The van der Waals surface area contributed by atoms with Gasteiger partial charge in [-0.15, -0.1) is 0 Å². The van der Waals surface area contributed by atoms with Crippen LogP contribution in [-0.4, -0.2) is 30.1 Å². The second kappa shape index (κ2) is 5.60. The summed E-state index contributed by atoms with van der Waals surface area (Å²) in [6.45, 7) is 5.19. The summed E-state index contributed by atoms with van der Waals surface area (Å²) in [5.74, 6) is -0.404. The Hall–Kier alpha value is -1.94. The second-order valence-corrected chi connectivity index (χ2v) is 4.13. The highest BCUT2D eigenvalue weighted by atomic mass is 16.5. The second-order valence-electron chi connectivity index (χ2n) is 4.13. The number of Topliss-reactive ketones (excluding diaryl/α,β-unsaturated/α-hetero) is 1. The van der Waals surface area contributed by atoms with E-state index in [1.807, 2.05) is 29.2 Å². The summed E-state index contributed by atoms with van der Waals surface area (Å²) in [5, 5.41) is 0. The third-order valence-electron chi connectivity index (χ3n) is 3.09. The normalized spacial score (nSPS) is 18.1. The van der Waals surface area contributed by atoms with E-state index in [2.05, 4.69) is 6.58 Å². The molecule has 0 saturated carbocycles. The lowest BCUT2D eigenvalue weighted by Gasteiger charge is -2.21. The highest BCUT2D eigenvalue weighted by Crippen LogP contribution is 2.33. The molecule has 0 saturated heterocycles. The largest absolute Gasteiger partial charge is 0.500 e. The molecule has 0 aliphatic carbocycles. The molecular weight excluding hydrogens is 230 g/mol. The number of nitrogens with zero attached hydrogens (tertiary/aromatic N) is 1. The third kappa shape index (κ3) is 2.33. The van der Waals surface area contributed by atoms with Crippen molar-refractivity contribution in [3.05, 3.63) is 48.2 Å². The van der Waals surface area contributed by atoms with Gasteiger partial charge in [0.1, 0.15) is 6.04 Å². The average molecular weight is 245 g/mol. The van der Waals surface area contributed by atoms with Crippen molar-refractivity contribution in [3.8, 4) is 0 Å². The number of rotatable bonds is 6. The molecule has 1 unspecified atom stereocenters. The Kier molecular flexibility index (Phi) is 3.89. The van der Waals surface area contributed by atoms with Crippen LogP contribution in [0.4, 0.5) is 0 Å². The highest BCUT2D eigenvalue weighted by Gasteiger charge is 2.34. The lowest BCUT2D eigenvalue weighted by atomic mass is 10.0. The summed E-state index contributed by atoms with van der Waals surface area (Å²) in [6, 6.07) is 7.23. The molecule has 1 aromatic carbocycles. The van der Waals surface area contributed by atoms with Crippen LogP contribution in [0.15, 0.2) is 37.1 Å². The Morgan fingerprint density at radius 3 is 3.00 bits per heavy atom. The predicted octanol–water partition coefficient (Wildman–Crippen LogP) is 1.47. The molecule has 0 radical (unpaired) electrons. The summed E-state index contributed by atoms with van der Waals surface area (Å²) in [5.41, 5.74) is 2.02. The van der Waals surface area contributed by atoms with Gasteiger partial charge in [-0.3, -0.25) is 14.5 Å². The summed E-state index contributed by atoms with van der Waals surface area (Å²) >= 11 is 0. The summed E-state index contributed by atoms with van der Waals surface area (Å²) < 4.78 is 5.08. The third-order valence-corrected chi connectivity index (χ3v) is 3.09. The maximum absolute atomic E-state index is 11.7. The van der Waals surface area contributed by atoms with Gasteiger partial charge in [-0.25, -0.2) is 0 Å². The molecule has 1 aliphatic rings. The molecule has 0 amide bonds. The van der Waals surface area contributed by atoms with Gasteiger partial charge in [0.05, 0.1) is 12.9 Å². The van der Waals surface area contributed by atoms with E-state index in [-0.39, 0.29) is 0 Å². The molecule has 0 aromatic heterocycles. The highest BCUT2D eigenvalue weighted by molar-refractivity contribution is 6.27. The quantitative estimate of drug-likeness (QED) is 0.329. The van der Waals surface area contributed by atoms with Crippen molar-refractivity contribution in [3.63, 3.8) is 0 Å². The molecule has 1 atom stereocenters. The zero-order valence-electron chi connectivity index (χ0n) is 10.0. The Morgan fingerprint density at radius 2 is 2.28 bits per heavy atom. The van der Waals surface area contributed by atoms with Gasteiger partial charge in [-0.2, -0.15) is 0 Å². The first kappa shape index (κ1) is 12.5. The first-order valence-electron chi connectivity index (χ1n) is 5.81. The fourth-order valence-electron chi connectivity index (χ4n) is 2.31. The lowest BCUT2D eigenvalue weighted by Crippen LogP contribution is -2.31. The number of hydrogen-bond donors (Lipinski definition) is 0. The minimum absolute atomic E-state index is 0.397. The Morgan fingerprint density at radius 1 is 1.50 bits per heavy atom. The Labute approximate surface area is 106 Å². The molecule has 1 aliphatic heterocycles. The minimum Gasteiger partial charge on any atom is -0.500 e. The van der Waals surface area contributed by atoms with Crippen LogP contribution in [0.2, 0.25) is 0 Å². The maximum atomic E-state index is 11.7. The van der Waals surface area contributed by atoms with Crippen molar-refractivity contribution < 1.29 is 14.3 Å². The van der Waals surface area contributed by atoms with Gasteiger partial charge in [-0.05, 0) is 11.1 Å². The Balaban J connectivity index is 2.19. The number of fused-ring (bicyclic) bond motifs is 1. The van der Waals surface area contributed by atoms with E-state index < -0.39 is 11.8 Å².